The van der Waals surface area contributed by atoms with Gasteiger partial charge in [0.25, 0.3) is 0 Å². The van der Waals surface area contributed by atoms with Gasteiger partial charge in [-0.3, -0.25) is 9.36 Å². The van der Waals surface area contributed by atoms with E-state index in [0.29, 0.717) is 11.7 Å². The van der Waals surface area contributed by atoms with Crippen LogP contribution in [0.25, 0.3) is 16.4 Å². The Kier molecular flexibility index (Phi) is 5.59. The Morgan fingerprint density at radius 1 is 1.14 bits per heavy atom. The smallest absolute Gasteiger partial charge is 0.233 e. The summed E-state index contributed by atoms with van der Waals surface area (Å²) in [5.74, 6) is 1.81. The molecular formula is C20H18N4O2S2. The highest BCUT2D eigenvalue weighted by molar-refractivity contribution is 7.99. The molecule has 8 heteroatoms. The van der Waals surface area contributed by atoms with Gasteiger partial charge < -0.3 is 9.32 Å². The molecule has 0 aliphatic heterocycles. The quantitative estimate of drug-likeness (QED) is 0.424. The van der Waals surface area contributed by atoms with Gasteiger partial charge in [-0.25, -0.2) is 0 Å². The Hall–Kier alpha value is -2.84. The van der Waals surface area contributed by atoms with Crippen molar-refractivity contribution >= 4 is 29.0 Å². The third-order valence-electron chi connectivity index (χ3n) is 4.11. The number of benzene rings is 1. The zero-order valence-corrected chi connectivity index (χ0v) is 16.8. The molecule has 0 saturated carbocycles. The number of carbonyl (C=O) groups is 1. The minimum Gasteiger partial charge on any atom is -0.467 e. The number of para-hydroxylation sites is 1. The van der Waals surface area contributed by atoms with E-state index < -0.39 is 0 Å². The molecule has 0 bridgehead atoms. The topological polar surface area (TPSA) is 64.2 Å². The molecule has 0 aliphatic carbocycles. The van der Waals surface area contributed by atoms with Crippen molar-refractivity contribution in [2.24, 2.45) is 0 Å². The number of rotatable bonds is 7. The zero-order chi connectivity index (χ0) is 19.3. The standard InChI is InChI=1S/C20H18N4O2S2/c1-23(13-16-9-5-11-26-16)18(25)14-28-20-22-21-19(17-10-6-12-27-17)24(20)15-7-3-2-4-8-15/h2-12H,13-14H2,1H3. The molecule has 6 nitrogen and oxygen atoms in total. The second-order valence-corrected chi connectivity index (χ2v) is 7.96. The molecule has 4 aromatic rings. The average Bonchev–Trinajstić information content (AvgIpc) is 3.47. The van der Waals surface area contributed by atoms with Crippen molar-refractivity contribution < 1.29 is 9.21 Å². The van der Waals surface area contributed by atoms with Crippen LogP contribution in [0.15, 0.2) is 75.8 Å². The van der Waals surface area contributed by atoms with Crippen molar-refractivity contribution in [1.82, 2.24) is 19.7 Å². The van der Waals surface area contributed by atoms with Crippen LogP contribution in [0.1, 0.15) is 5.76 Å². The number of aromatic nitrogens is 3. The highest BCUT2D eigenvalue weighted by atomic mass is 32.2. The van der Waals surface area contributed by atoms with Crippen LogP contribution in [0.5, 0.6) is 0 Å². The predicted octanol–water partition coefficient (Wildman–Crippen LogP) is 4.34. The summed E-state index contributed by atoms with van der Waals surface area (Å²) in [7, 11) is 1.77. The molecular weight excluding hydrogens is 392 g/mol. The molecule has 0 fully saturated rings. The minimum atomic E-state index is 0.00156. The SMILES string of the molecule is CN(Cc1ccco1)C(=O)CSc1nnc(-c2cccs2)n1-c1ccccc1. The van der Waals surface area contributed by atoms with Gasteiger partial charge in [-0.1, -0.05) is 36.0 Å². The maximum Gasteiger partial charge on any atom is 0.233 e. The summed E-state index contributed by atoms with van der Waals surface area (Å²) < 4.78 is 7.31. The summed E-state index contributed by atoms with van der Waals surface area (Å²) in [6.45, 7) is 0.443. The number of hydrogen-bond donors (Lipinski definition) is 0. The minimum absolute atomic E-state index is 0.00156. The Balaban J connectivity index is 1.54. The van der Waals surface area contributed by atoms with E-state index in [0.717, 1.165) is 22.1 Å². The van der Waals surface area contributed by atoms with E-state index >= 15 is 0 Å². The van der Waals surface area contributed by atoms with Crippen LogP contribution in [-0.2, 0) is 11.3 Å². The summed E-state index contributed by atoms with van der Waals surface area (Å²) in [5, 5.41) is 11.4. The number of thioether (sulfide) groups is 1. The third kappa shape index (κ3) is 4.02. The summed E-state index contributed by atoms with van der Waals surface area (Å²) in [6, 6.07) is 17.6. The Labute approximate surface area is 170 Å². The third-order valence-corrected chi connectivity index (χ3v) is 5.89. The molecule has 0 aliphatic rings. The molecule has 4 rings (SSSR count). The van der Waals surface area contributed by atoms with E-state index in [1.807, 2.05) is 64.5 Å². The fourth-order valence-electron chi connectivity index (χ4n) is 2.70. The summed E-state index contributed by atoms with van der Waals surface area (Å²) in [5.41, 5.74) is 0.967. The molecule has 0 spiro atoms. The van der Waals surface area contributed by atoms with Gasteiger partial charge >= 0.3 is 0 Å². The molecule has 0 unspecified atom stereocenters. The van der Waals surface area contributed by atoms with Crippen molar-refractivity contribution in [1.29, 1.82) is 0 Å². The highest BCUT2D eigenvalue weighted by Gasteiger charge is 2.19. The van der Waals surface area contributed by atoms with Crippen molar-refractivity contribution in [2.45, 2.75) is 11.7 Å². The lowest BCUT2D eigenvalue weighted by Crippen LogP contribution is -2.27. The lowest BCUT2D eigenvalue weighted by molar-refractivity contribution is -0.127. The molecule has 0 N–H and O–H groups in total. The lowest BCUT2D eigenvalue weighted by Gasteiger charge is -2.15. The first-order valence-electron chi connectivity index (χ1n) is 8.66. The second-order valence-electron chi connectivity index (χ2n) is 6.07. The fourth-order valence-corrected chi connectivity index (χ4v) is 4.29. The fraction of sp³-hybridized carbons (Fsp3) is 0.150. The van der Waals surface area contributed by atoms with Gasteiger partial charge in [0, 0.05) is 12.7 Å². The Morgan fingerprint density at radius 2 is 2.00 bits per heavy atom. The first-order chi connectivity index (χ1) is 13.7. The molecule has 0 atom stereocenters. The number of carbonyl (C=O) groups excluding carboxylic acids is 1. The van der Waals surface area contributed by atoms with Gasteiger partial charge in [-0.15, -0.1) is 21.5 Å². The van der Waals surface area contributed by atoms with Crippen LogP contribution < -0.4 is 0 Å². The van der Waals surface area contributed by atoms with Crippen LogP contribution in [-0.4, -0.2) is 38.4 Å². The van der Waals surface area contributed by atoms with Crippen molar-refractivity contribution in [2.75, 3.05) is 12.8 Å². The van der Waals surface area contributed by atoms with Crippen LogP contribution in [0, 0.1) is 0 Å². The maximum atomic E-state index is 12.5. The predicted molar refractivity (Wildman–Crippen MR) is 111 cm³/mol. The Bertz CT molecular complexity index is 1030. The maximum absolute atomic E-state index is 12.5. The number of thiophene rings is 1. The van der Waals surface area contributed by atoms with Crippen LogP contribution in [0.2, 0.25) is 0 Å². The largest absolute Gasteiger partial charge is 0.467 e. The van der Waals surface area contributed by atoms with Gasteiger partial charge in [-0.05, 0) is 35.7 Å². The summed E-state index contributed by atoms with van der Waals surface area (Å²) in [6.07, 6.45) is 1.61. The first kappa shape index (κ1) is 18.5. The summed E-state index contributed by atoms with van der Waals surface area (Å²) >= 11 is 2.99. The van der Waals surface area contributed by atoms with E-state index in [-0.39, 0.29) is 11.7 Å². The monoisotopic (exact) mass is 410 g/mol. The number of hydrogen-bond acceptors (Lipinski definition) is 6. The molecule has 28 heavy (non-hydrogen) atoms. The van der Waals surface area contributed by atoms with Crippen LogP contribution in [0.4, 0.5) is 0 Å². The van der Waals surface area contributed by atoms with E-state index in [1.165, 1.54) is 11.8 Å². The summed E-state index contributed by atoms with van der Waals surface area (Å²) in [4.78, 5) is 15.2. The number of amides is 1. The molecule has 3 aromatic heterocycles. The second kappa shape index (κ2) is 8.45. The Morgan fingerprint density at radius 3 is 2.71 bits per heavy atom. The number of furan rings is 1. The van der Waals surface area contributed by atoms with Gasteiger partial charge in [0.15, 0.2) is 11.0 Å². The van der Waals surface area contributed by atoms with E-state index in [2.05, 4.69) is 10.2 Å². The zero-order valence-electron chi connectivity index (χ0n) is 15.2. The molecule has 142 valence electrons. The van der Waals surface area contributed by atoms with E-state index in [4.69, 9.17) is 4.42 Å². The van der Waals surface area contributed by atoms with Crippen LogP contribution in [0.3, 0.4) is 0 Å². The van der Waals surface area contributed by atoms with Crippen molar-refractivity contribution in [3.8, 4) is 16.4 Å². The lowest BCUT2D eigenvalue weighted by atomic mass is 10.3. The van der Waals surface area contributed by atoms with Gasteiger partial charge in [0.05, 0.1) is 23.4 Å². The molecule has 0 saturated heterocycles. The average molecular weight is 411 g/mol. The van der Waals surface area contributed by atoms with Gasteiger partial charge in [0.1, 0.15) is 5.76 Å². The normalized spacial score (nSPS) is 10.9. The van der Waals surface area contributed by atoms with Crippen molar-refractivity contribution in [3.05, 3.63) is 72.0 Å². The molecule has 0 radical (unpaired) electrons. The van der Waals surface area contributed by atoms with E-state index in [1.54, 1.807) is 29.5 Å². The molecule has 1 aromatic carbocycles. The molecule has 3 heterocycles. The first-order valence-corrected chi connectivity index (χ1v) is 10.5. The van der Waals surface area contributed by atoms with Gasteiger partial charge in [0.2, 0.25) is 5.91 Å². The van der Waals surface area contributed by atoms with Crippen molar-refractivity contribution in [3.63, 3.8) is 0 Å². The molecule has 1 amide bonds. The van der Waals surface area contributed by atoms with Gasteiger partial charge in [-0.2, -0.15) is 0 Å². The van der Waals surface area contributed by atoms with Crippen LogP contribution >= 0.6 is 23.1 Å². The number of nitrogens with zero attached hydrogens (tertiary/aromatic N) is 4. The highest BCUT2D eigenvalue weighted by Crippen LogP contribution is 2.30. The van der Waals surface area contributed by atoms with E-state index in [9.17, 15) is 4.79 Å².